The number of rotatable bonds is 10. The van der Waals surface area contributed by atoms with Crippen molar-refractivity contribution in [3.05, 3.63) is 34.9 Å². The van der Waals surface area contributed by atoms with Gasteiger partial charge in [0.2, 0.25) is 0 Å². The molecule has 0 atom stereocenters. The van der Waals surface area contributed by atoms with Crippen molar-refractivity contribution >= 4 is 17.6 Å². The van der Waals surface area contributed by atoms with Crippen LogP contribution < -0.4 is 10.6 Å². The highest BCUT2D eigenvalue weighted by Crippen LogP contribution is 2.24. The summed E-state index contributed by atoms with van der Waals surface area (Å²) in [7, 11) is 0. The molecule has 1 saturated heterocycles. The minimum absolute atomic E-state index is 0.0548. The number of hydrogen-bond acceptors (Lipinski definition) is 3. The van der Waals surface area contributed by atoms with Crippen LogP contribution in [0, 0.1) is 5.41 Å². The molecule has 1 heterocycles. The average Bonchev–Trinajstić information content (AvgIpc) is 2.66. The van der Waals surface area contributed by atoms with Crippen molar-refractivity contribution in [2.24, 2.45) is 10.4 Å². The molecule has 2 rings (SSSR count). The Morgan fingerprint density at radius 1 is 1.29 bits per heavy atom. The summed E-state index contributed by atoms with van der Waals surface area (Å²) in [5.41, 5.74) is 1.30. The van der Waals surface area contributed by atoms with Gasteiger partial charge in [0.1, 0.15) is 0 Å². The number of nitrogens with zero attached hydrogens (tertiary/aromatic N) is 1. The lowest BCUT2D eigenvalue weighted by Gasteiger charge is -2.24. The molecule has 0 saturated carbocycles. The maximum absolute atomic E-state index is 6.11. The quantitative estimate of drug-likeness (QED) is 0.347. The lowest BCUT2D eigenvalue weighted by molar-refractivity contribution is -0.0320. The molecule has 1 aliphatic rings. The number of ether oxygens (including phenoxy) is 2. The molecule has 158 valence electrons. The van der Waals surface area contributed by atoms with Crippen LogP contribution >= 0.6 is 11.6 Å². The molecular weight excluding hydrogens is 374 g/mol. The van der Waals surface area contributed by atoms with E-state index in [1.807, 2.05) is 18.2 Å². The first-order valence-electron chi connectivity index (χ1n) is 10.4. The molecule has 5 nitrogen and oxygen atoms in total. The Balaban J connectivity index is 1.73. The summed E-state index contributed by atoms with van der Waals surface area (Å²) in [6.45, 7) is 11.4. The van der Waals surface area contributed by atoms with E-state index in [0.717, 1.165) is 76.1 Å². The predicted octanol–water partition coefficient (Wildman–Crippen LogP) is 4.05. The van der Waals surface area contributed by atoms with Crippen LogP contribution in [0.2, 0.25) is 5.02 Å². The smallest absolute Gasteiger partial charge is 0.191 e. The number of nitrogens with one attached hydrogen (secondary N) is 2. The molecule has 0 unspecified atom stereocenters. The van der Waals surface area contributed by atoms with E-state index in [2.05, 4.69) is 37.5 Å². The van der Waals surface area contributed by atoms with E-state index in [-0.39, 0.29) is 5.41 Å². The van der Waals surface area contributed by atoms with Crippen LogP contribution in [-0.2, 0) is 15.9 Å². The van der Waals surface area contributed by atoms with Crippen LogP contribution in [0.3, 0.4) is 0 Å². The summed E-state index contributed by atoms with van der Waals surface area (Å²) in [5, 5.41) is 7.53. The van der Waals surface area contributed by atoms with Gasteiger partial charge >= 0.3 is 0 Å². The highest BCUT2D eigenvalue weighted by molar-refractivity contribution is 6.30. The maximum atomic E-state index is 6.11. The standard InChI is InChI=1S/C22H36ClN3O2/c1-4-24-21(25-11-6-12-28-20-9-13-27-14-10-20)26-17-22(2,3)16-18-7-5-8-19(23)15-18/h5,7-8,15,20H,4,6,9-14,16-17H2,1-3H3,(H2,24,25,26). The van der Waals surface area contributed by atoms with Crippen molar-refractivity contribution in [1.82, 2.24) is 10.6 Å². The van der Waals surface area contributed by atoms with Gasteiger partial charge in [0, 0.05) is 44.5 Å². The minimum Gasteiger partial charge on any atom is -0.381 e. The molecule has 1 aromatic rings. The van der Waals surface area contributed by atoms with Crippen molar-refractivity contribution in [1.29, 1.82) is 0 Å². The maximum Gasteiger partial charge on any atom is 0.191 e. The highest BCUT2D eigenvalue weighted by atomic mass is 35.5. The Bertz CT molecular complexity index is 601. The minimum atomic E-state index is 0.0548. The number of guanidine groups is 1. The van der Waals surface area contributed by atoms with Crippen LogP contribution in [0.25, 0.3) is 0 Å². The highest BCUT2D eigenvalue weighted by Gasteiger charge is 2.19. The fourth-order valence-corrected chi connectivity index (χ4v) is 3.47. The van der Waals surface area contributed by atoms with Gasteiger partial charge in [-0.15, -0.1) is 0 Å². The Morgan fingerprint density at radius 3 is 2.79 bits per heavy atom. The molecule has 1 aromatic carbocycles. The monoisotopic (exact) mass is 409 g/mol. The second-order valence-electron chi connectivity index (χ2n) is 8.13. The zero-order chi connectivity index (χ0) is 20.2. The molecule has 6 heteroatoms. The number of hydrogen-bond donors (Lipinski definition) is 2. The second kappa shape index (κ2) is 12.3. The van der Waals surface area contributed by atoms with E-state index in [1.165, 1.54) is 5.56 Å². The van der Waals surface area contributed by atoms with Crippen LogP contribution in [0.5, 0.6) is 0 Å². The molecule has 1 fully saturated rings. The lowest BCUT2D eigenvalue weighted by atomic mass is 9.86. The van der Waals surface area contributed by atoms with E-state index in [9.17, 15) is 0 Å². The largest absolute Gasteiger partial charge is 0.381 e. The summed E-state index contributed by atoms with van der Waals surface area (Å²) >= 11 is 6.11. The van der Waals surface area contributed by atoms with Crippen molar-refractivity contribution < 1.29 is 9.47 Å². The SMILES string of the molecule is CCNC(=NCC(C)(C)Cc1cccc(Cl)c1)NCCCOC1CCOCC1. The Hall–Kier alpha value is -1.30. The summed E-state index contributed by atoms with van der Waals surface area (Å²) < 4.78 is 11.3. The summed E-state index contributed by atoms with van der Waals surface area (Å²) in [6.07, 6.45) is 4.30. The van der Waals surface area contributed by atoms with Gasteiger partial charge in [-0.2, -0.15) is 0 Å². The third kappa shape index (κ3) is 9.26. The Labute approximate surface area is 175 Å². The topological polar surface area (TPSA) is 54.9 Å². The van der Waals surface area contributed by atoms with Gasteiger partial charge in [0.05, 0.1) is 6.10 Å². The number of halogens is 1. The van der Waals surface area contributed by atoms with Gasteiger partial charge in [-0.1, -0.05) is 37.6 Å². The molecule has 0 bridgehead atoms. The number of benzene rings is 1. The van der Waals surface area contributed by atoms with E-state index in [4.69, 9.17) is 26.1 Å². The molecule has 0 aliphatic carbocycles. The average molecular weight is 410 g/mol. The van der Waals surface area contributed by atoms with Crippen LogP contribution in [0.15, 0.2) is 29.3 Å². The van der Waals surface area contributed by atoms with Gasteiger partial charge in [0.15, 0.2) is 5.96 Å². The molecule has 0 radical (unpaired) electrons. The lowest BCUT2D eigenvalue weighted by Crippen LogP contribution is -2.39. The molecule has 0 aromatic heterocycles. The van der Waals surface area contributed by atoms with Gasteiger partial charge < -0.3 is 20.1 Å². The third-order valence-corrected chi connectivity index (χ3v) is 4.95. The molecule has 0 amide bonds. The van der Waals surface area contributed by atoms with Gasteiger partial charge in [-0.05, 0) is 55.7 Å². The Kier molecular flexibility index (Phi) is 10.1. The Morgan fingerprint density at radius 2 is 2.07 bits per heavy atom. The van der Waals surface area contributed by atoms with Gasteiger partial charge in [-0.3, -0.25) is 4.99 Å². The number of aliphatic imine (C=N–C) groups is 1. The van der Waals surface area contributed by atoms with Gasteiger partial charge in [-0.25, -0.2) is 0 Å². The first kappa shape index (κ1) is 23.0. The third-order valence-electron chi connectivity index (χ3n) is 4.72. The predicted molar refractivity (Wildman–Crippen MR) is 117 cm³/mol. The van der Waals surface area contributed by atoms with Crippen molar-refractivity contribution in [2.75, 3.05) is 39.5 Å². The molecule has 1 aliphatic heterocycles. The van der Waals surface area contributed by atoms with E-state index in [0.29, 0.717) is 6.10 Å². The summed E-state index contributed by atoms with van der Waals surface area (Å²) in [6, 6.07) is 8.08. The second-order valence-corrected chi connectivity index (χ2v) is 8.57. The van der Waals surface area contributed by atoms with Crippen molar-refractivity contribution in [3.63, 3.8) is 0 Å². The zero-order valence-corrected chi connectivity index (χ0v) is 18.4. The normalized spacial score (nSPS) is 16.2. The van der Waals surface area contributed by atoms with E-state index in [1.54, 1.807) is 0 Å². The van der Waals surface area contributed by atoms with Crippen LogP contribution in [0.4, 0.5) is 0 Å². The first-order chi connectivity index (χ1) is 13.5. The van der Waals surface area contributed by atoms with Gasteiger partial charge in [0.25, 0.3) is 0 Å². The molecule has 28 heavy (non-hydrogen) atoms. The zero-order valence-electron chi connectivity index (χ0n) is 17.6. The molecule has 2 N–H and O–H groups in total. The van der Waals surface area contributed by atoms with Crippen molar-refractivity contribution in [3.8, 4) is 0 Å². The summed E-state index contributed by atoms with van der Waals surface area (Å²) in [5.74, 6) is 0.868. The first-order valence-corrected chi connectivity index (χ1v) is 10.8. The summed E-state index contributed by atoms with van der Waals surface area (Å²) in [4.78, 5) is 4.80. The van der Waals surface area contributed by atoms with Crippen LogP contribution in [-0.4, -0.2) is 51.5 Å². The fourth-order valence-electron chi connectivity index (χ4n) is 3.26. The molecular formula is C22H36ClN3O2. The molecule has 0 spiro atoms. The fraction of sp³-hybridized carbons (Fsp3) is 0.682. The van der Waals surface area contributed by atoms with Crippen molar-refractivity contribution in [2.45, 2.75) is 52.6 Å². The van der Waals surface area contributed by atoms with E-state index >= 15 is 0 Å². The van der Waals surface area contributed by atoms with Crippen LogP contribution in [0.1, 0.15) is 45.6 Å². The van der Waals surface area contributed by atoms with E-state index < -0.39 is 0 Å².